The van der Waals surface area contributed by atoms with E-state index in [-0.39, 0.29) is 52.2 Å². The number of ether oxygens (including phenoxy) is 1. The highest BCUT2D eigenvalue weighted by molar-refractivity contribution is 7.92. The Bertz CT molecular complexity index is 1980. The quantitative estimate of drug-likeness (QED) is 0.227. The summed E-state index contributed by atoms with van der Waals surface area (Å²) in [7, 11) is -2.20. The Kier molecular flexibility index (Phi) is 10.3. The van der Waals surface area contributed by atoms with Gasteiger partial charge >= 0.3 is 0 Å². The Labute approximate surface area is 296 Å². The number of anilines is 2. The molecule has 5 rings (SSSR count). The lowest BCUT2D eigenvalue weighted by atomic mass is 9.87. The van der Waals surface area contributed by atoms with Crippen molar-refractivity contribution >= 4 is 27.7 Å². The monoisotopic (exact) mass is 699 g/mol. The number of nitrogens with zero attached hydrogens (tertiary/aromatic N) is 6. The summed E-state index contributed by atoms with van der Waals surface area (Å²) in [5.74, 6) is 0.425. The molecule has 2 aromatic carbocycles. The lowest BCUT2D eigenvalue weighted by Crippen LogP contribution is -2.45. The summed E-state index contributed by atoms with van der Waals surface area (Å²) in [6.45, 7) is 19.7. The first-order valence-electron chi connectivity index (χ1n) is 16.9. The molecule has 12 heteroatoms. The Hall–Kier alpha value is -4.58. The van der Waals surface area contributed by atoms with Crippen LogP contribution in [0.4, 0.5) is 11.8 Å². The highest BCUT2D eigenvalue weighted by atomic mass is 32.2. The minimum Gasteiger partial charge on any atom is -0.475 e. The molecule has 1 N–H and O–H groups in total. The second kappa shape index (κ2) is 14.0. The fourth-order valence-corrected chi connectivity index (χ4v) is 7.30. The molecule has 0 saturated heterocycles. The van der Waals surface area contributed by atoms with Crippen molar-refractivity contribution in [1.82, 2.24) is 24.8 Å². The van der Waals surface area contributed by atoms with E-state index in [2.05, 4.69) is 66.1 Å². The third-order valence-electron chi connectivity index (χ3n) is 8.49. The molecular formula is C38H49N7O4S. The van der Waals surface area contributed by atoms with Gasteiger partial charge in [0.15, 0.2) is 0 Å². The number of carbonyl (C=O) groups is 1. The standard InChI is InChI=1S/C38H49N7O4S/c1-24-13-11-14-25(2)34(24)30-18-33-42-36(41-30)43-50(47,48)29-16-12-15-27(17-29)35(46)45(28(22-49-33)19-37(4,5)6)21-31-26(3)39-20-32(40-31)44(10)23-38(7,8)9/h11-18,20,28H,19,21-23H2,1-10H3,(H,41,42,43)/t28-/m1/s1. The molecule has 2 aromatic heterocycles. The van der Waals surface area contributed by atoms with Crippen LogP contribution < -0.4 is 14.4 Å². The van der Waals surface area contributed by atoms with Gasteiger partial charge in [0.1, 0.15) is 12.4 Å². The lowest BCUT2D eigenvalue weighted by molar-refractivity contribution is 0.0508. The fraction of sp³-hybridized carbons (Fsp3) is 0.447. The number of aromatic nitrogens is 4. The summed E-state index contributed by atoms with van der Waals surface area (Å²) in [6, 6.07) is 13.2. The lowest BCUT2D eigenvalue weighted by Gasteiger charge is -2.36. The number of hydrogen-bond acceptors (Lipinski definition) is 9. The van der Waals surface area contributed by atoms with Gasteiger partial charge in [-0.1, -0.05) is 65.8 Å². The zero-order chi connectivity index (χ0) is 36.6. The predicted octanol–water partition coefficient (Wildman–Crippen LogP) is 6.98. The maximum Gasteiger partial charge on any atom is 0.264 e. The number of amides is 1. The minimum absolute atomic E-state index is 0.0289. The Morgan fingerprint density at radius 3 is 2.28 bits per heavy atom. The van der Waals surface area contributed by atoms with Gasteiger partial charge in [0.05, 0.1) is 40.8 Å². The van der Waals surface area contributed by atoms with Gasteiger partial charge in [0.25, 0.3) is 15.9 Å². The molecule has 1 atom stereocenters. The zero-order valence-electron chi connectivity index (χ0n) is 30.8. The smallest absolute Gasteiger partial charge is 0.264 e. The van der Waals surface area contributed by atoms with E-state index in [1.54, 1.807) is 29.3 Å². The second-order valence-corrected chi connectivity index (χ2v) is 17.3. The van der Waals surface area contributed by atoms with Crippen LogP contribution in [0.3, 0.4) is 0 Å². The number of carbonyl (C=O) groups excluding carboxylic acids is 1. The van der Waals surface area contributed by atoms with Crippen LogP contribution in [0.2, 0.25) is 0 Å². The Morgan fingerprint density at radius 1 is 0.940 bits per heavy atom. The molecule has 1 aliphatic heterocycles. The van der Waals surface area contributed by atoms with E-state index >= 15 is 0 Å². The largest absolute Gasteiger partial charge is 0.475 e. The molecule has 50 heavy (non-hydrogen) atoms. The van der Waals surface area contributed by atoms with Crippen molar-refractivity contribution in [3.63, 3.8) is 0 Å². The number of sulfonamides is 1. The first-order chi connectivity index (χ1) is 23.3. The van der Waals surface area contributed by atoms with Gasteiger partial charge in [-0.05, 0) is 67.3 Å². The third kappa shape index (κ3) is 8.76. The Morgan fingerprint density at radius 2 is 1.62 bits per heavy atom. The molecule has 0 fully saturated rings. The van der Waals surface area contributed by atoms with E-state index in [0.717, 1.165) is 23.2 Å². The van der Waals surface area contributed by atoms with Gasteiger partial charge in [0, 0.05) is 30.8 Å². The van der Waals surface area contributed by atoms with E-state index in [1.807, 2.05) is 46.0 Å². The van der Waals surface area contributed by atoms with Gasteiger partial charge in [-0.2, -0.15) is 4.98 Å². The van der Waals surface area contributed by atoms with Crippen LogP contribution >= 0.6 is 0 Å². The van der Waals surface area contributed by atoms with Gasteiger partial charge in [-0.25, -0.2) is 23.1 Å². The van der Waals surface area contributed by atoms with Crippen LogP contribution in [0.25, 0.3) is 11.3 Å². The van der Waals surface area contributed by atoms with Crippen molar-refractivity contribution in [2.24, 2.45) is 10.8 Å². The maximum atomic E-state index is 14.6. The molecule has 4 aromatic rings. The van der Waals surface area contributed by atoms with Crippen molar-refractivity contribution in [3.8, 4) is 17.1 Å². The minimum atomic E-state index is -4.19. The average Bonchev–Trinajstić information content (AvgIpc) is 3.00. The van der Waals surface area contributed by atoms with E-state index in [1.165, 1.54) is 12.1 Å². The highest BCUT2D eigenvalue weighted by Crippen LogP contribution is 2.32. The summed E-state index contributed by atoms with van der Waals surface area (Å²) in [4.78, 5) is 37.1. The molecule has 11 nitrogen and oxygen atoms in total. The molecule has 0 radical (unpaired) electrons. The molecular weight excluding hydrogens is 651 g/mol. The molecule has 266 valence electrons. The number of nitrogens with one attached hydrogen (secondary N) is 1. The van der Waals surface area contributed by atoms with Gasteiger partial charge in [0.2, 0.25) is 11.8 Å². The molecule has 3 heterocycles. The van der Waals surface area contributed by atoms with E-state index in [4.69, 9.17) is 9.72 Å². The summed E-state index contributed by atoms with van der Waals surface area (Å²) in [6.07, 6.45) is 2.33. The van der Waals surface area contributed by atoms with Crippen molar-refractivity contribution in [3.05, 3.63) is 82.8 Å². The number of benzene rings is 2. The van der Waals surface area contributed by atoms with Gasteiger partial charge in [-0.3, -0.25) is 9.78 Å². The molecule has 1 amide bonds. The van der Waals surface area contributed by atoms with Crippen molar-refractivity contribution in [1.29, 1.82) is 0 Å². The predicted molar refractivity (Wildman–Crippen MR) is 197 cm³/mol. The van der Waals surface area contributed by atoms with Crippen LogP contribution in [-0.2, 0) is 16.6 Å². The van der Waals surface area contributed by atoms with Crippen molar-refractivity contribution in [2.45, 2.75) is 86.2 Å². The summed E-state index contributed by atoms with van der Waals surface area (Å²) < 4.78 is 36.5. The summed E-state index contributed by atoms with van der Waals surface area (Å²) in [5.41, 5.74) is 4.72. The second-order valence-electron chi connectivity index (χ2n) is 15.7. The molecule has 1 aliphatic rings. The Balaban J connectivity index is 1.66. The van der Waals surface area contributed by atoms with Crippen LogP contribution in [0, 0.1) is 31.6 Å². The maximum absolute atomic E-state index is 14.6. The molecule has 0 spiro atoms. The zero-order valence-corrected chi connectivity index (χ0v) is 31.6. The topological polar surface area (TPSA) is 131 Å². The normalized spacial score (nSPS) is 16.4. The van der Waals surface area contributed by atoms with Gasteiger partial charge < -0.3 is 14.5 Å². The van der Waals surface area contributed by atoms with E-state index in [9.17, 15) is 13.2 Å². The highest BCUT2D eigenvalue weighted by Gasteiger charge is 2.32. The van der Waals surface area contributed by atoms with Crippen molar-refractivity contribution < 1.29 is 17.9 Å². The summed E-state index contributed by atoms with van der Waals surface area (Å²) in [5, 5.41) is 0. The van der Waals surface area contributed by atoms with E-state index < -0.39 is 16.1 Å². The van der Waals surface area contributed by atoms with Crippen LogP contribution in [-0.4, -0.2) is 65.4 Å². The number of hydrogen-bond donors (Lipinski definition) is 1. The van der Waals surface area contributed by atoms with Gasteiger partial charge in [-0.15, -0.1) is 0 Å². The summed E-state index contributed by atoms with van der Waals surface area (Å²) >= 11 is 0. The van der Waals surface area contributed by atoms with Crippen molar-refractivity contribution in [2.75, 3.05) is 29.8 Å². The first-order valence-corrected chi connectivity index (χ1v) is 18.3. The molecule has 0 unspecified atom stereocenters. The van der Waals surface area contributed by atoms with Crippen LogP contribution in [0.15, 0.2) is 59.6 Å². The SMILES string of the molecule is Cc1cccc(C)c1-c1cc2nc(n1)NS(=O)(=O)c1cccc(c1)C(=O)N(Cc1nc(N(C)CC(C)(C)C)cnc1C)[C@H](CC(C)(C)C)CO2. The number of rotatable bonds is 6. The first kappa shape index (κ1) is 36.7. The third-order valence-corrected chi connectivity index (χ3v) is 9.82. The fourth-order valence-electron chi connectivity index (χ4n) is 6.31. The molecule has 0 aliphatic carbocycles. The number of aryl methyl sites for hydroxylation is 3. The van der Waals surface area contributed by atoms with E-state index in [0.29, 0.717) is 29.3 Å². The van der Waals surface area contributed by atoms with Crippen LogP contribution in [0.1, 0.15) is 80.8 Å². The van der Waals surface area contributed by atoms with Crippen LogP contribution in [0.5, 0.6) is 5.88 Å². The molecule has 4 bridgehead atoms. The number of fused-ring (bicyclic) bond motifs is 4. The molecule has 0 saturated carbocycles. The average molecular weight is 700 g/mol.